The number of hydrogen-bond donors (Lipinski definition) is 1. The first-order valence-corrected chi connectivity index (χ1v) is 5.81. The number of nitrogens with zero attached hydrogens (tertiary/aromatic N) is 1. The van der Waals surface area contributed by atoms with Crippen molar-refractivity contribution in [3.05, 3.63) is 33.9 Å². The summed E-state index contributed by atoms with van der Waals surface area (Å²) in [5.74, 6) is 0. The van der Waals surface area contributed by atoms with E-state index in [4.69, 9.17) is 0 Å². The summed E-state index contributed by atoms with van der Waals surface area (Å²) >= 11 is 0. The van der Waals surface area contributed by atoms with Gasteiger partial charge in [-0.25, -0.2) is 0 Å². The SMILES string of the molecule is CC(C)(C)CCNc1ccc(C=O)cc1[N+](=O)[O-]. The number of rotatable bonds is 5. The van der Waals surface area contributed by atoms with Gasteiger partial charge in [-0.3, -0.25) is 14.9 Å². The van der Waals surface area contributed by atoms with Gasteiger partial charge in [-0.2, -0.15) is 0 Å². The lowest BCUT2D eigenvalue weighted by molar-refractivity contribution is -0.384. The van der Waals surface area contributed by atoms with Crippen LogP contribution in [0.4, 0.5) is 11.4 Å². The third kappa shape index (κ3) is 4.16. The molecule has 0 aliphatic rings. The summed E-state index contributed by atoms with van der Waals surface area (Å²) < 4.78 is 0. The molecule has 0 amide bonds. The molecule has 0 radical (unpaired) electrons. The number of carbonyl (C=O) groups is 1. The largest absolute Gasteiger partial charge is 0.379 e. The Kier molecular flexibility index (Phi) is 4.42. The van der Waals surface area contributed by atoms with Crippen LogP contribution in [0.5, 0.6) is 0 Å². The molecule has 0 unspecified atom stereocenters. The molecule has 0 saturated carbocycles. The predicted octanol–water partition coefficient (Wildman–Crippen LogP) is 3.26. The molecule has 1 N–H and O–H groups in total. The van der Waals surface area contributed by atoms with Crippen molar-refractivity contribution in [2.24, 2.45) is 5.41 Å². The van der Waals surface area contributed by atoms with Gasteiger partial charge in [0.15, 0.2) is 0 Å². The van der Waals surface area contributed by atoms with E-state index in [-0.39, 0.29) is 11.1 Å². The van der Waals surface area contributed by atoms with E-state index in [1.165, 1.54) is 6.07 Å². The van der Waals surface area contributed by atoms with Crippen molar-refractivity contribution in [2.75, 3.05) is 11.9 Å². The Morgan fingerprint density at radius 1 is 1.39 bits per heavy atom. The molecule has 1 rings (SSSR count). The lowest BCUT2D eigenvalue weighted by Crippen LogP contribution is -2.13. The lowest BCUT2D eigenvalue weighted by atomic mass is 9.92. The van der Waals surface area contributed by atoms with E-state index < -0.39 is 4.92 Å². The third-order valence-corrected chi connectivity index (χ3v) is 2.55. The minimum atomic E-state index is -0.480. The highest BCUT2D eigenvalue weighted by Gasteiger charge is 2.15. The van der Waals surface area contributed by atoms with E-state index >= 15 is 0 Å². The minimum Gasteiger partial charge on any atom is -0.379 e. The Morgan fingerprint density at radius 2 is 2.06 bits per heavy atom. The Hall–Kier alpha value is -1.91. The van der Waals surface area contributed by atoms with E-state index in [2.05, 4.69) is 26.1 Å². The monoisotopic (exact) mass is 250 g/mol. The number of benzene rings is 1. The summed E-state index contributed by atoms with van der Waals surface area (Å²) in [5, 5.41) is 13.9. The summed E-state index contributed by atoms with van der Waals surface area (Å²) in [5.41, 5.74) is 0.872. The van der Waals surface area contributed by atoms with Gasteiger partial charge in [0.2, 0.25) is 0 Å². The fourth-order valence-electron chi connectivity index (χ4n) is 1.49. The highest BCUT2D eigenvalue weighted by molar-refractivity contribution is 5.79. The standard InChI is InChI=1S/C13H18N2O3/c1-13(2,3)6-7-14-11-5-4-10(9-16)8-12(11)15(17)18/h4-5,8-9,14H,6-7H2,1-3H3. The number of nitro groups is 1. The first-order valence-electron chi connectivity index (χ1n) is 5.81. The fourth-order valence-corrected chi connectivity index (χ4v) is 1.49. The topological polar surface area (TPSA) is 72.2 Å². The summed E-state index contributed by atoms with van der Waals surface area (Å²) in [6.45, 7) is 6.99. The maximum atomic E-state index is 10.9. The zero-order valence-corrected chi connectivity index (χ0v) is 10.9. The molecule has 5 nitrogen and oxygen atoms in total. The van der Waals surface area contributed by atoms with Gasteiger partial charge in [0.1, 0.15) is 12.0 Å². The summed E-state index contributed by atoms with van der Waals surface area (Å²) in [6.07, 6.45) is 1.51. The first kappa shape index (κ1) is 14.2. The van der Waals surface area contributed by atoms with Crippen LogP contribution in [-0.4, -0.2) is 17.8 Å². The van der Waals surface area contributed by atoms with E-state index in [9.17, 15) is 14.9 Å². The molecule has 0 bridgehead atoms. The van der Waals surface area contributed by atoms with E-state index in [1.54, 1.807) is 12.1 Å². The molecule has 0 spiro atoms. The highest BCUT2D eigenvalue weighted by Crippen LogP contribution is 2.26. The van der Waals surface area contributed by atoms with E-state index in [1.807, 2.05) is 0 Å². The molecular formula is C13H18N2O3. The Bertz CT molecular complexity index is 450. The van der Waals surface area contributed by atoms with Crippen LogP contribution in [-0.2, 0) is 0 Å². The van der Waals surface area contributed by atoms with Crippen LogP contribution in [0.3, 0.4) is 0 Å². The Morgan fingerprint density at radius 3 is 2.56 bits per heavy atom. The number of carbonyl (C=O) groups excluding carboxylic acids is 1. The van der Waals surface area contributed by atoms with Crippen LogP contribution in [0.25, 0.3) is 0 Å². The van der Waals surface area contributed by atoms with Crippen molar-refractivity contribution in [1.29, 1.82) is 0 Å². The van der Waals surface area contributed by atoms with E-state index in [0.717, 1.165) is 6.42 Å². The van der Waals surface area contributed by atoms with Crippen LogP contribution >= 0.6 is 0 Å². The van der Waals surface area contributed by atoms with Crippen LogP contribution in [0.15, 0.2) is 18.2 Å². The second kappa shape index (κ2) is 5.62. The minimum absolute atomic E-state index is 0.0616. The number of nitro benzene ring substituents is 1. The lowest BCUT2D eigenvalue weighted by Gasteiger charge is -2.18. The van der Waals surface area contributed by atoms with E-state index in [0.29, 0.717) is 24.1 Å². The molecule has 0 aliphatic carbocycles. The van der Waals surface area contributed by atoms with Crippen molar-refractivity contribution in [2.45, 2.75) is 27.2 Å². The maximum absolute atomic E-state index is 10.9. The molecular weight excluding hydrogens is 232 g/mol. The average Bonchev–Trinajstić information content (AvgIpc) is 2.27. The first-order chi connectivity index (χ1) is 8.33. The van der Waals surface area contributed by atoms with Crippen molar-refractivity contribution >= 4 is 17.7 Å². The second-order valence-corrected chi connectivity index (χ2v) is 5.39. The van der Waals surface area contributed by atoms with Gasteiger partial charge >= 0.3 is 0 Å². The quantitative estimate of drug-likeness (QED) is 0.494. The number of nitrogens with one attached hydrogen (secondary N) is 1. The van der Waals surface area contributed by atoms with Crippen LogP contribution < -0.4 is 5.32 Å². The molecule has 1 aromatic carbocycles. The third-order valence-electron chi connectivity index (χ3n) is 2.55. The van der Waals surface area contributed by atoms with Crippen molar-refractivity contribution in [1.82, 2.24) is 0 Å². The molecule has 98 valence electrons. The van der Waals surface area contributed by atoms with Crippen LogP contribution in [0.1, 0.15) is 37.6 Å². The normalized spacial score (nSPS) is 11.1. The van der Waals surface area contributed by atoms with Gasteiger partial charge in [-0.1, -0.05) is 20.8 Å². The molecule has 0 saturated heterocycles. The average molecular weight is 250 g/mol. The molecule has 0 atom stereocenters. The van der Waals surface area contributed by atoms with Gasteiger partial charge in [-0.05, 0) is 24.0 Å². The smallest absolute Gasteiger partial charge is 0.293 e. The molecule has 5 heteroatoms. The summed E-state index contributed by atoms with van der Waals surface area (Å²) in [6, 6.07) is 4.43. The second-order valence-electron chi connectivity index (χ2n) is 5.39. The molecule has 1 aromatic rings. The molecule has 18 heavy (non-hydrogen) atoms. The Balaban J connectivity index is 2.82. The number of hydrogen-bond acceptors (Lipinski definition) is 4. The predicted molar refractivity (Wildman–Crippen MR) is 71.0 cm³/mol. The number of anilines is 1. The fraction of sp³-hybridized carbons (Fsp3) is 0.462. The van der Waals surface area contributed by atoms with Crippen molar-refractivity contribution in [3.8, 4) is 0 Å². The molecule has 0 aromatic heterocycles. The van der Waals surface area contributed by atoms with Gasteiger partial charge in [0, 0.05) is 18.2 Å². The van der Waals surface area contributed by atoms with Crippen molar-refractivity contribution < 1.29 is 9.72 Å². The molecule has 0 heterocycles. The Labute approximate surface area is 106 Å². The maximum Gasteiger partial charge on any atom is 0.293 e. The summed E-state index contributed by atoms with van der Waals surface area (Å²) in [7, 11) is 0. The summed E-state index contributed by atoms with van der Waals surface area (Å²) in [4.78, 5) is 21.0. The molecule has 0 aliphatic heterocycles. The van der Waals surface area contributed by atoms with Crippen molar-refractivity contribution in [3.63, 3.8) is 0 Å². The number of aldehydes is 1. The molecule has 0 fully saturated rings. The zero-order valence-electron chi connectivity index (χ0n) is 10.9. The van der Waals surface area contributed by atoms with Gasteiger partial charge < -0.3 is 5.32 Å². The van der Waals surface area contributed by atoms with Gasteiger partial charge in [0.05, 0.1) is 4.92 Å². The van der Waals surface area contributed by atoms with Crippen LogP contribution in [0.2, 0.25) is 0 Å². The highest BCUT2D eigenvalue weighted by atomic mass is 16.6. The zero-order chi connectivity index (χ0) is 13.8. The van der Waals surface area contributed by atoms with Crippen LogP contribution in [0, 0.1) is 15.5 Å². The van der Waals surface area contributed by atoms with Gasteiger partial charge in [0.25, 0.3) is 5.69 Å². The van der Waals surface area contributed by atoms with Gasteiger partial charge in [-0.15, -0.1) is 0 Å².